The fourth-order valence-corrected chi connectivity index (χ4v) is 2.71. The number of halogens is 3. The minimum atomic E-state index is -2.54. The van der Waals surface area contributed by atoms with Gasteiger partial charge >= 0.3 is 0 Å². The normalized spacial score (nSPS) is 28.1. The molecule has 0 aliphatic heterocycles. The third-order valence-corrected chi connectivity index (χ3v) is 3.86. The van der Waals surface area contributed by atoms with Gasteiger partial charge in [0.15, 0.2) is 0 Å². The van der Waals surface area contributed by atoms with Gasteiger partial charge in [0.2, 0.25) is 0 Å². The molecule has 0 heterocycles. The number of hydrogen-bond donors (Lipinski definition) is 0. The minimum Gasteiger partial charge on any atom is -0.207 e. The first-order chi connectivity index (χ1) is 7.90. The second kappa shape index (κ2) is 4.35. The highest BCUT2D eigenvalue weighted by molar-refractivity contribution is 5.30. The number of rotatable bonds is 1. The molecular formula is C14H17F3. The first-order valence-electron chi connectivity index (χ1n) is 6.04. The summed E-state index contributed by atoms with van der Waals surface area (Å²) in [6, 6.07) is 4.64. The Morgan fingerprint density at radius 1 is 1.29 bits per heavy atom. The summed E-state index contributed by atoms with van der Waals surface area (Å²) in [4.78, 5) is 0. The summed E-state index contributed by atoms with van der Waals surface area (Å²) < 4.78 is 39.8. The van der Waals surface area contributed by atoms with Gasteiger partial charge < -0.3 is 0 Å². The highest BCUT2D eigenvalue weighted by Gasteiger charge is 2.42. The molecule has 0 unspecified atom stereocenters. The summed E-state index contributed by atoms with van der Waals surface area (Å²) in [5.41, 5.74) is 1.89. The lowest BCUT2D eigenvalue weighted by Crippen LogP contribution is -2.32. The Bertz CT molecular complexity index is 412. The Kier molecular flexibility index (Phi) is 3.19. The average molecular weight is 242 g/mol. The molecule has 0 spiro atoms. The van der Waals surface area contributed by atoms with Crippen molar-refractivity contribution in [2.24, 2.45) is 5.92 Å². The Hall–Kier alpha value is -0.990. The van der Waals surface area contributed by atoms with Crippen LogP contribution in [-0.4, -0.2) is 5.92 Å². The zero-order chi connectivity index (χ0) is 12.6. The van der Waals surface area contributed by atoms with E-state index in [1.54, 1.807) is 13.0 Å². The van der Waals surface area contributed by atoms with Crippen LogP contribution in [0.15, 0.2) is 18.2 Å². The summed E-state index contributed by atoms with van der Waals surface area (Å²) in [6.07, 6.45) is 0.916. The lowest BCUT2D eigenvalue weighted by Gasteiger charge is -2.34. The quantitative estimate of drug-likeness (QED) is 0.671. The van der Waals surface area contributed by atoms with Crippen LogP contribution in [0.25, 0.3) is 0 Å². The van der Waals surface area contributed by atoms with Crippen molar-refractivity contribution in [2.45, 2.75) is 45.0 Å². The maximum Gasteiger partial charge on any atom is 0.250 e. The third kappa shape index (κ3) is 2.48. The topological polar surface area (TPSA) is 0 Å². The van der Waals surface area contributed by atoms with Gasteiger partial charge in [-0.25, -0.2) is 13.2 Å². The summed E-state index contributed by atoms with van der Waals surface area (Å²) in [6.45, 7) is 3.45. The standard InChI is InChI=1S/C14H17F3/c1-9-7-12(15)3-4-13(9)11-5-6-14(16,17)10(2)8-11/h3-4,7,10-11H,5-6,8H2,1-2H3/t10-,11-/m1/s1. The summed E-state index contributed by atoms with van der Waals surface area (Å²) in [7, 11) is 0. The van der Waals surface area contributed by atoms with Gasteiger partial charge in [-0.2, -0.15) is 0 Å². The predicted octanol–water partition coefficient (Wildman–Crippen LogP) is 4.67. The van der Waals surface area contributed by atoms with Crippen LogP contribution in [0.5, 0.6) is 0 Å². The van der Waals surface area contributed by atoms with E-state index in [1.807, 2.05) is 6.92 Å². The van der Waals surface area contributed by atoms with E-state index in [-0.39, 0.29) is 18.2 Å². The van der Waals surface area contributed by atoms with E-state index >= 15 is 0 Å². The van der Waals surface area contributed by atoms with Crippen molar-refractivity contribution in [1.29, 1.82) is 0 Å². The van der Waals surface area contributed by atoms with Crippen molar-refractivity contribution in [3.63, 3.8) is 0 Å². The Morgan fingerprint density at radius 2 is 2.00 bits per heavy atom. The van der Waals surface area contributed by atoms with Crippen molar-refractivity contribution < 1.29 is 13.2 Å². The van der Waals surface area contributed by atoms with E-state index in [9.17, 15) is 13.2 Å². The molecule has 1 aliphatic carbocycles. The van der Waals surface area contributed by atoms with E-state index in [4.69, 9.17) is 0 Å². The number of hydrogen-bond acceptors (Lipinski definition) is 0. The van der Waals surface area contributed by atoms with E-state index in [2.05, 4.69) is 0 Å². The largest absolute Gasteiger partial charge is 0.250 e. The molecule has 0 bridgehead atoms. The lowest BCUT2D eigenvalue weighted by molar-refractivity contribution is -0.0830. The molecule has 0 N–H and O–H groups in total. The molecule has 1 saturated carbocycles. The second-order valence-electron chi connectivity index (χ2n) is 5.13. The molecule has 1 fully saturated rings. The predicted molar refractivity (Wildman–Crippen MR) is 61.8 cm³/mol. The molecular weight excluding hydrogens is 225 g/mol. The van der Waals surface area contributed by atoms with Crippen molar-refractivity contribution in [3.8, 4) is 0 Å². The van der Waals surface area contributed by atoms with Crippen LogP contribution in [0, 0.1) is 18.7 Å². The van der Waals surface area contributed by atoms with Crippen LogP contribution in [0.1, 0.15) is 43.2 Å². The van der Waals surface area contributed by atoms with E-state index in [0.717, 1.165) is 11.1 Å². The molecule has 0 amide bonds. The number of alkyl halides is 2. The van der Waals surface area contributed by atoms with Crippen molar-refractivity contribution in [2.75, 3.05) is 0 Å². The average Bonchev–Trinajstić information content (AvgIpc) is 2.23. The Labute approximate surface area is 99.8 Å². The van der Waals surface area contributed by atoms with Crippen LogP contribution in [-0.2, 0) is 0 Å². The van der Waals surface area contributed by atoms with Gasteiger partial charge in [-0.05, 0) is 48.9 Å². The summed E-state index contributed by atoms with van der Waals surface area (Å²) >= 11 is 0. The first kappa shape index (κ1) is 12.5. The Morgan fingerprint density at radius 3 is 2.59 bits per heavy atom. The van der Waals surface area contributed by atoms with Gasteiger partial charge in [-0.15, -0.1) is 0 Å². The van der Waals surface area contributed by atoms with Crippen LogP contribution >= 0.6 is 0 Å². The third-order valence-electron chi connectivity index (χ3n) is 3.86. The number of aryl methyl sites for hydroxylation is 1. The van der Waals surface area contributed by atoms with Crippen LogP contribution in [0.4, 0.5) is 13.2 Å². The zero-order valence-corrected chi connectivity index (χ0v) is 10.1. The second-order valence-corrected chi connectivity index (χ2v) is 5.13. The van der Waals surface area contributed by atoms with Crippen LogP contribution < -0.4 is 0 Å². The van der Waals surface area contributed by atoms with E-state index in [0.29, 0.717) is 12.8 Å². The highest BCUT2D eigenvalue weighted by atomic mass is 19.3. The number of benzene rings is 1. The van der Waals surface area contributed by atoms with Gasteiger partial charge in [0.25, 0.3) is 5.92 Å². The van der Waals surface area contributed by atoms with Gasteiger partial charge in [-0.3, -0.25) is 0 Å². The van der Waals surface area contributed by atoms with Crippen LogP contribution in [0.3, 0.4) is 0 Å². The van der Waals surface area contributed by atoms with Gasteiger partial charge in [-0.1, -0.05) is 13.0 Å². The van der Waals surface area contributed by atoms with Gasteiger partial charge in [0.1, 0.15) is 5.82 Å². The molecule has 0 saturated heterocycles. The monoisotopic (exact) mass is 242 g/mol. The molecule has 3 heteroatoms. The lowest BCUT2D eigenvalue weighted by atomic mass is 9.75. The molecule has 2 atom stereocenters. The van der Waals surface area contributed by atoms with Gasteiger partial charge in [0, 0.05) is 12.3 Å². The Balaban J connectivity index is 2.19. The summed E-state index contributed by atoms with van der Waals surface area (Å²) in [5, 5.41) is 0. The molecule has 0 radical (unpaired) electrons. The van der Waals surface area contributed by atoms with Crippen molar-refractivity contribution in [3.05, 3.63) is 35.1 Å². The highest BCUT2D eigenvalue weighted by Crippen LogP contribution is 2.45. The molecule has 1 aliphatic rings. The fraction of sp³-hybridized carbons (Fsp3) is 0.571. The van der Waals surface area contributed by atoms with E-state index < -0.39 is 11.8 Å². The molecule has 2 rings (SSSR count). The smallest absolute Gasteiger partial charge is 0.207 e. The maximum atomic E-state index is 13.4. The minimum absolute atomic E-state index is 0.0599. The molecule has 94 valence electrons. The maximum absolute atomic E-state index is 13.4. The zero-order valence-electron chi connectivity index (χ0n) is 10.1. The first-order valence-corrected chi connectivity index (χ1v) is 6.04. The molecule has 1 aromatic rings. The van der Waals surface area contributed by atoms with E-state index in [1.165, 1.54) is 12.1 Å². The SMILES string of the molecule is Cc1cc(F)ccc1[C@@H]1CCC(F)(F)[C@H](C)C1. The molecule has 0 aromatic heterocycles. The molecule has 0 nitrogen and oxygen atoms in total. The van der Waals surface area contributed by atoms with Crippen molar-refractivity contribution >= 4 is 0 Å². The fourth-order valence-electron chi connectivity index (χ4n) is 2.71. The van der Waals surface area contributed by atoms with Crippen molar-refractivity contribution in [1.82, 2.24) is 0 Å². The van der Waals surface area contributed by atoms with Crippen LogP contribution in [0.2, 0.25) is 0 Å². The molecule has 17 heavy (non-hydrogen) atoms. The van der Waals surface area contributed by atoms with Gasteiger partial charge in [0.05, 0.1) is 0 Å². The summed E-state index contributed by atoms with van der Waals surface area (Å²) in [5.74, 6) is -3.25. The molecule has 1 aromatic carbocycles.